The van der Waals surface area contributed by atoms with Crippen molar-refractivity contribution in [2.75, 3.05) is 231 Å². The van der Waals surface area contributed by atoms with E-state index in [-0.39, 0.29) is 35.3 Å². The zero-order valence-electron chi connectivity index (χ0n) is 71.2. The standard InChI is InChI=1S/C92H134N20O6/c1-7-10-52-108-54-12-13-87(113)81-26-14-75(15-27-81)69-98-43-60-110(55-38-93-4)61-44-99-72-78-20-32-83(33-21-78)89(115)103-48-65-109(53-11-8-2)66-49-104-90(116)84-34-22-79(23-35-84)73-100-45-62-111(56-39-94-5)63-46-101-74-80-24-36-86(37-25-80)92(118)106-51-68-112(57-40-95-6)67-50-105-91(117)85-30-18-77(19-31-85)71-97-42-59-107(9-3)58-41-96-70-76-16-28-82(29-17-76)88(114)102-47-64-108/h14-37,69,71-74,93-96H,7-13,38-68,70H2,1-6H3,(H,102,114)(H,103,115)(H,104,116)(H,105,117)(H,106,118). The van der Waals surface area contributed by atoms with Crippen molar-refractivity contribution in [3.05, 3.63) is 212 Å². The molecule has 118 heavy (non-hydrogen) atoms. The lowest BCUT2D eigenvalue weighted by atomic mass is 10.0. The fraction of sp³-hybridized carbons (Fsp3) is 0.489. The highest BCUT2D eigenvalue weighted by Gasteiger charge is 2.17. The van der Waals surface area contributed by atoms with Crippen LogP contribution in [0.5, 0.6) is 0 Å². The molecule has 0 aliphatic carbocycles. The molecule has 0 spiro atoms. The van der Waals surface area contributed by atoms with Crippen molar-refractivity contribution in [2.45, 2.75) is 65.8 Å². The molecule has 638 valence electrons. The molecule has 12 bridgehead atoms. The Balaban J connectivity index is 0.898. The van der Waals surface area contributed by atoms with Gasteiger partial charge in [0.1, 0.15) is 0 Å². The average Bonchev–Trinajstić information content (AvgIpc) is 0.909. The summed E-state index contributed by atoms with van der Waals surface area (Å²) in [4.78, 5) is 117. The summed E-state index contributed by atoms with van der Waals surface area (Å²) in [5.41, 5.74) is 9.31. The van der Waals surface area contributed by atoms with E-state index in [9.17, 15) is 28.8 Å². The molecule has 6 aromatic carbocycles. The van der Waals surface area contributed by atoms with Crippen LogP contribution >= 0.6 is 0 Å². The number of nitrogens with one attached hydrogen (secondary N) is 9. The number of hydrogen-bond donors (Lipinski definition) is 9. The highest BCUT2D eigenvalue weighted by atomic mass is 16.2. The topological polar surface area (TPSA) is 292 Å². The second-order valence-electron chi connectivity index (χ2n) is 29.6. The van der Waals surface area contributed by atoms with Crippen molar-refractivity contribution in [1.82, 2.24) is 77.3 Å². The quantitative estimate of drug-likeness (QED) is 0.0467. The first-order valence-electron chi connectivity index (χ1n) is 42.8. The van der Waals surface area contributed by atoms with Crippen LogP contribution in [0.15, 0.2) is 171 Å². The Labute approximate surface area is 702 Å². The molecule has 0 radical (unpaired) electrons. The highest BCUT2D eigenvalue weighted by Crippen LogP contribution is 2.13. The number of amides is 5. The van der Waals surface area contributed by atoms with Gasteiger partial charge in [-0.3, -0.25) is 73.3 Å². The predicted octanol–water partition coefficient (Wildman–Crippen LogP) is 7.09. The number of aliphatic imine (C=N–C) groups is 5. The third-order valence-corrected chi connectivity index (χ3v) is 20.6. The van der Waals surface area contributed by atoms with E-state index < -0.39 is 0 Å². The Bertz CT molecular complexity index is 3990. The highest BCUT2D eigenvalue weighted by molar-refractivity contribution is 5.98. The normalized spacial score (nSPS) is 17.4. The molecule has 0 atom stereocenters. The maximum Gasteiger partial charge on any atom is 0.251 e. The van der Waals surface area contributed by atoms with Crippen LogP contribution in [0, 0.1) is 0 Å². The number of likely N-dealkylation sites (N-methyl/N-ethyl adjacent to an activating group) is 4. The summed E-state index contributed by atoms with van der Waals surface area (Å²) in [6, 6.07) is 45.4. The summed E-state index contributed by atoms with van der Waals surface area (Å²) in [6.45, 7) is 29.7. The SMILES string of the molecule is CCCCN1CCCC(=O)c2ccc(cc2)C=NCCN(CCNC)CCN=Cc2ccc(cc2)C(=O)NCCN(CCCC)CCNC(=O)c2ccc(cc2)C=NCCN(CCNC)CCN=Cc2ccc(cc2)C(=O)NCCN(CCNC)CCNC(=O)c2ccc(cc2)C=NCCN(CC)CCNCc2ccc(cc2)C(=O)NCC1. The van der Waals surface area contributed by atoms with Gasteiger partial charge >= 0.3 is 0 Å². The molecule has 26 nitrogen and oxygen atoms in total. The minimum atomic E-state index is -0.154. The molecule has 10 heterocycles. The van der Waals surface area contributed by atoms with Gasteiger partial charge in [0.15, 0.2) is 5.78 Å². The van der Waals surface area contributed by atoms with E-state index in [1.807, 2.05) is 198 Å². The van der Waals surface area contributed by atoms with Crippen LogP contribution < -0.4 is 47.9 Å². The first-order chi connectivity index (χ1) is 57.8. The van der Waals surface area contributed by atoms with Crippen molar-refractivity contribution in [3.8, 4) is 0 Å². The van der Waals surface area contributed by atoms with Crippen LogP contribution in [-0.4, -0.2) is 326 Å². The van der Waals surface area contributed by atoms with Crippen molar-refractivity contribution >= 4 is 66.4 Å². The largest absolute Gasteiger partial charge is 0.351 e. The smallest absolute Gasteiger partial charge is 0.251 e. The van der Waals surface area contributed by atoms with Gasteiger partial charge in [0.25, 0.3) is 29.5 Å². The summed E-state index contributed by atoms with van der Waals surface area (Å²) < 4.78 is 0. The number of unbranched alkanes of at least 4 members (excludes halogenated alkanes) is 2. The van der Waals surface area contributed by atoms with Crippen LogP contribution in [-0.2, 0) is 6.54 Å². The van der Waals surface area contributed by atoms with Crippen LogP contribution in [0.3, 0.4) is 0 Å². The van der Waals surface area contributed by atoms with Gasteiger partial charge in [-0.15, -0.1) is 0 Å². The van der Waals surface area contributed by atoms with E-state index >= 15 is 0 Å². The van der Waals surface area contributed by atoms with Crippen LogP contribution in [0.25, 0.3) is 0 Å². The summed E-state index contributed by atoms with van der Waals surface area (Å²) in [5, 5.41) is 28.7. The number of hydrogen-bond acceptors (Lipinski definition) is 21. The van der Waals surface area contributed by atoms with E-state index in [1.54, 1.807) is 0 Å². The van der Waals surface area contributed by atoms with Crippen LogP contribution in [0.1, 0.15) is 155 Å². The van der Waals surface area contributed by atoms with Gasteiger partial charge in [-0.2, -0.15) is 0 Å². The molecule has 0 saturated carbocycles. The van der Waals surface area contributed by atoms with Crippen molar-refractivity contribution in [1.29, 1.82) is 0 Å². The zero-order valence-corrected chi connectivity index (χ0v) is 71.2. The molecule has 0 unspecified atom stereocenters. The summed E-state index contributed by atoms with van der Waals surface area (Å²) in [6.07, 6.45) is 14.6. The molecular formula is C92H134N20O6. The lowest BCUT2D eigenvalue weighted by molar-refractivity contribution is 0.0932. The van der Waals surface area contributed by atoms with Gasteiger partial charge in [-0.25, -0.2) is 0 Å². The number of ketones is 1. The molecule has 5 amide bonds. The number of Topliss-reactive ketones (excluding diaryl/α,β-unsaturated/α-hetero) is 1. The van der Waals surface area contributed by atoms with Crippen LogP contribution in [0.2, 0.25) is 0 Å². The third kappa shape index (κ3) is 38.8. The Kier molecular flexibility index (Phi) is 47.1. The van der Waals surface area contributed by atoms with E-state index in [1.165, 1.54) is 0 Å². The minimum absolute atomic E-state index is 0.101. The molecular weight excluding hydrogens is 1480 g/mol. The monoisotopic (exact) mass is 1620 g/mol. The van der Waals surface area contributed by atoms with Crippen molar-refractivity contribution in [2.24, 2.45) is 25.0 Å². The maximum absolute atomic E-state index is 13.4. The second kappa shape index (κ2) is 58.2. The maximum atomic E-state index is 13.4. The van der Waals surface area contributed by atoms with Gasteiger partial charge in [0.2, 0.25) is 0 Å². The predicted molar refractivity (Wildman–Crippen MR) is 484 cm³/mol. The molecule has 10 aliphatic heterocycles. The Morgan fingerprint density at radius 1 is 0.305 bits per heavy atom. The lowest BCUT2D eigenvalue weighted by Crippen LogP contribution is -2.42. The Hall–Kier alpha value is -9.71. The van der Waals surface area contributed by atoms with Gasteiger partial charge in [0, 0.05) is 228 Å². The first kappa shape index (κ1) is 95.4. The van der Waals surface area contributed by atoms with Crippen molar-refractivity contribution in [3.63, 3.8) is 0 Å². The number of carbonyl (C=O) groups excluding carboxylic acids is 6. The molecule has 0 aromatic heterocycles. The van der Waals surface area contributed by atoms with Gasteiger partial charge in [-0.05, 0) is 161 Å². The number of rotatable bonds is 16. The molecule has 26 heteroatoms. The third-order valence-electron chi connectivity index (χ3n) is 20.6. The molecule has 16 rings (SSSR count). The molecule has 0 fully saturated rings. The summed E-state index contributed by atoms with van der Waals surface area (Å²) in [5.74, 6) is -0.571. The van der Waals surface area contributed by atoms with E-state index in [4.69, 9.17) is 25.0 Å². The summed E-state index contributed by atoms with van der Waals surface area (Å²) >= 11 is 0. The number of benzene rings is 6. The summed E-state index contributed by atoms with van der Waals surface area (Å²) in [7, 11) is 5.80. The zero-order chi connectivity index (χ0) is 83.8. The van der Waals surface area contributed by atoms with E-state index in [0.717, 1.165) is 177 Å². The van der Waals surface area contributed by atoms with Crippen molar-refractivity contribution < 1.29 is 28.8 Å². The van der Waals surface area contributed by atoms with Gasteiger partial charge < -0.3 is 57.7 Å². The fourth-order valence-corrected chi connectivity index (χ4v) is 13.2. The second-order valence-corrected chi connectivity index (χ2v) is 29.6. The Morgan fingerprint density at radius 2 is 0.568 bits per heavy atom. The van der Waals surface area contributed by atoms with E-state index in [0.29, 0.717) is 145 Å². The van der Waals surface area contributed by atoms with Gasteiger partial charge in [-0.1, -0.05) is 119 Å². The van der Waals surface area contributed by atoms with E-state index in [2.05, 4.69) is 98.0 Å². The molecule has 9 N–H and O–H groups in total. The fourth-order valence-electron chi connectivity index (χ4n) is 13.2. The average molecular weight is 1620 g/mol. The lowest BCUT2D eigenvalue weighted by Gasteiger charge is -2.22. The van der Waals surface area contributed by atoms with Crippen LogP contribution in [0.4, 0.5) is 0 Å². The minimum Gasteiger partial charge on any atom is -0.351 e. The number of nitrogens with zero attached hydrogens (tertiary/aromatic N) is 11. The Morgan fingerprint density at radius 3 is 0.864 bits per heavy atom. The molecule has 6 aromatic rings. The first-order valence-corrected chi connectivity index (χ1v) is 42.8. The van der Waals surface area contributed by atoms with Gasteiger partial charge in [0.05, 0.1) is 32.7 Å². The number of carbonyl (C=O) groups is 6. The molecule has 0 saturated heterocycles. The molecule has 10 aliphatic rings.